The van der Waals surface area contributed by atoms with E-state index in [2.05, 4.69) is 10.5 Å². The number of rotatable bonds is 4. The first kappa shape index (κ1) is 13.5. The highest BCUT2D eigenvalue weighted by atomic mass is 35.5. The monoisotopic (exact) mass is 254 g/mol. The number of benzene rings is 1. The largest absolute Gasteiger partial charge is 0.461 e. The van der Waals surface area contributed by atoms with Gasteiger partial charge in [0.1, 0.15) is 0 Å². The first-order valence-corrected chi connectivity index (χ1v) is 5.65. The molecule has 0 aliphatic heterocycles. The molecule has 0 aliphatic carbocycles. The van der Waals surface area contributed by atoms with Gasteiger partial charge in [0, 0.05) is 0 Å². The van der Waals surface area contributed by atoms with Crippen LogP contribution < -0.4 is 5.43 Å². The molecule has 0 atom stereocenters. The van der Waals surface area contributed by atoms with Crippen molar-refractivity contribution in [1.29, 1.82) is 0 Å². The van der Waals surface area contributed by atoms with Crippen molar-refractivity contribution in [2.24, 2.45) is 5.10 Å². The molecule has 1 aromatic carbocycles. The molecule has 0 fully saturated rings. The highest BCUT2D eigenvalue weighted by Crippen LogP contribution is 2.13. The molecule has 1 rings (SSSR count). The summed E-state index contributed by atoms with van der Waals surface area (Å²) in [6.45, 7) is 5.94. The summed E-state index contributed by atoms with van der Waals surface area (Å²) < 4.78 is 4.70. The van der Waals surface area contributed by atoms with Gasteiger partial charge in [-0.2, -0.15) is 5.10 Å². The second-order valence-corrected chi connectivity index (χ2v) is 3.97. The van der Waals surface area contributed by atoms with Crippen LogP contribution in [0.1, 0.15) is 18.1 Å². The molecule has 1 N–H and O–H groups in total. The second-order valence-electron chi connectivity index (χ2n) is 3.61. The van der Waals surface area contributed by atoms with Gasteiger partial charge in [-0.3, -0.25) is 5.43 Å². The van der Waals surface area contributed by atoms with Crippen LogP contribution in [-0.4, -0.2) is 17.7 Å². The van der Waals surface area contributed by atoms with Crippen molar-refractivity contribution < 1.29 is 9.53 Å². The molecule has 0 unspecified atom stereocenters. The fraction of sp³-hybridized carbons (Fsp3) is 0.333. The van der Waals surface area contributed by atoms with Crippen LogP contribution in [0.15, 0.2) is 23.3 Å². The number of anilines is 1. The Bertz CT molecular complexity index is 424. The van der Waals surface area contributed by atoms with Crippen LogP contribution in [0.2, 0.25) is 0 Å². The van der Waals surface area contributed by atoms with Gasteiger partial charge < -0.3 is 4.74 Å². The highest BCUT2D eigenvalue weighted by molar-refractivity contribution is 6.82. The van der Waals surface area contributed by atoms with E-state index in [1.165, 1.54) is 0 Å². The number of hydrazone groups is 1. The molecule has 92 valence electrons. The number of carbonyl (C=O) groups excluding carboxylic acids is 1. The lowest BCUT2D eigenvalue weighted by atomic mass is 10.1. The molecule has 0 saturated heterocycles. The van der Waals surface area contributed by atoms with Crippen molar-refractivity contribution in [3.63, 3.8) is 0 Å². The lowest BCUT2D eigenvalue weighted by Crippen LogP contribution is -2.13. The molecule has 0 bridgehead atoms. The van der Waals surface area contributed by atoms with Gasteiger partial charge >= 0.3 is 5.97 Å². The van der Waals surface area contributed by atoms with Gasteiger partial charge in [-0.15, -0.1) is 0 Å². The smallest absolute Gasteiger partial charge is 0.370 e. The fourth-order valence-electron chi connectivity index (χ4n) is 1.39. The summed E-state index contributed by atoms with van der Waals surface area (Å²) in [4.78, 5) is 11.2. The Morgan fingerprint density at radius 1 is 1.35 bits per heavy atom. The lowest BCUT2D eigenvalue weighted by Gasteiger charge is -2.04. The SMILES string of the molecule is CCOC(=O)/C(Cl)=N\Nc1cc(C)cc(C)c1. The van der Waals surface area contributed by atoms with E-state index < -0.39 is 5.97 Å². The molecular formula is C12H15ClN2O2. The third kappa shape index (κ3) is 4.44. The summed E-state index contributed by atoms with van der Waals surface area (Å²) >= 11 is 5.65. The maximum absolute atomic E-state index is 11.2. The molecule has 5 heteroatoms. The summed E-state index contributed by atoms with van der Waals surface area (Å²) in [6.07, 6.45) is 0. The number of halogens is 1. The Morgan fingerprint density at radius 2 is 1.94 bits per heavy atom. The van der Waals surface area contributed by atoms with Crippen molar-refractivity contribution in [3.05, 3.63) is 29.3 Å². The van der Waals surface area contributed by atoms with Crippen LogP contribution in [0.4, 0.5) is 5.69 Å². The summed E-state index contributed by atoms with van der Waals surface area (Å²) in [5.41, 5.74) is 5.72. The van der Waals surface area contributed by atoms with Gasteiger partial charge in [-0.1, -0.05) is 17.7 Å². The number of nitrogens with one attached hydrogen (secondary N) is 1. The Labute approximate surface area is 106 Å². The van der Waals surface area contributed by atoms with Crippen molar-refractivity contribution in [1.82, 2.24) is 0 Å². The van der Waals surface area contributed by atoms with Gasteiger partial charge in [-0.05, 0) is 44.0 Å². The number of nitrogens with zero attached hydrogens (tertiary/aromatic N) is 1. The third-order valence-electron chi connectivity index (χ3n) is 1.95. The first-order chi connectivity index (χ1) is 8.02. The Hall–Kier alpha value is -1.55. The van der Waals surface area contributed by atoms with Crippen LogP contribution in [0, 0.1) is 13.8 Å². The minimum Gasteiger partial charge on any atom is -0.461 e. The van der Waals surface area contributed by atoms with E-state index in [1.807, 2.05) is 32.0 Å². The molecule has 0 spiro atoms. The molecule has 0 aliphatic rings. The van der Waals surface area contributed by atoms with Gasteiger partial charge in [0.25, 0.3) is 0 Å². The third-order valence-corrected chi connectivity index (χ3v) is 2.19. The van der Waals surface area contributed by atoms with Gasteiger partial charge in [0.15, 0.2) is 0 Å². The Kier molecular flexibility index (Phi) is 4.97. The van der Waals surface area contributed by atoms with Crippen molar-refractivity contribution in [2.45, 2.75) is 20.8 Å². The molecule has 4 nitrogen and oxygen atoms in total. The maximum Gasteiger partial charge on any atom is 0.370 e. The van der Waals surface area contributed by atoms with E-state index in [9.17, 15) is 4.79 Å². The number of hydrogen-bond acceptors (Lipinski definition) is 4. The minimum absolute atomic E-state index is 0.217. The highest BCUT2D eigenvalue weighted by Gasteiger charge is 2.08. The van der Waals surface area contributed by atoms with Gasteiger partial charge in [-0.25, -0.2) is 4.79 Å². The molecule has 0 aromatic heterocycles. The van der Waals surface area contributed by atoms with E-state index in [0.29, 0.717) is 0 Å². The van der Waals surface area contributed by atoms with Crippen LogP contribution in [0.3, 0.4) is 0 Å². The second kappa shape index (κ2) is 6.25. The predicted octanol–water partition coefficient (Wildman–Crippen LogP) is 2.83. The van der Waals surface area contributed by atoms with E-state index in [0.717, 1.165) is 16.8 Å². The van der Waals surface area contributed by atoms with Crippen molar-refractivity contribution >= 4 is 28.4 Å². The zero-order valence-electron chi connectivity index (χ0n) is 10.1. The summed E-state index contributed by atoms with van der Waals surface area (Å²) in [5, 5.41) is 3.54. The fourth-order valence-corrected chi connectivity index (χ4v) is 1.49. The van der Waals surface area contributed by atoms with E-state index in [4.69, 9.17) is 16.3 Å². The van der Waals surface area contributed by atoms with Crippen LogP contribution >= 0.6 is 11.6 Å². The number of carbonyl (C=O) groups is 1. The quantitative estimate of drug-likeness (QED) is 0.511. The summed E-state index contributed by atoms with van der Waals surface area (Å²) in [7, 11) is 0. The number of aryl methyl sites for hydroxylation is 2. The van der Waals surface area contributed by atoms with Crippen molar-refractivity contribution in [3.8, 4) is 0 Å². The Morgan fingerprint density at radius 3 is 2.47 bits per heavy atom. The van der Waals surface area contributed by atoms with E-state index in [-0.39, 0.29) is 11.8 Å². The normalized spacial score (nSPS) is 11.2. The summed E-state index contributed by atoms with van der Waals surface area (Å²) in [6, 6.07) is 5.86. The van der Waals surface area contributed by atoms with Crippen LogP contribution in [0.5, 0.6) is 0 Å². The van der Waals surface area contributed by atoms with Crippen LogP contribution in [0.25, 0.3) is 0 Å². The molecule has 0 saturated carbocycles. The standard InChI is InChI=1S/C12H15ClN2O2/c1-4-17-12(16)11(13)15-14-10-6-8(2)5-9(3)7-10/h5-7,14H,4H2,1-3H3/b15-11+. The zero-order chi connectivity index (χ0) is 12.8. The molecule has 17 heavy (non-hydrogen) atoms. The first-order valence-electron chi connectivity index (χ1n) is 5.27. The van der Waals surface area contributed by atoms with E-state index in [1.54, 1.807) is 6.92 Å². The summed E-state index contributed by atoms with van der Waals surface area (Å²) in [5.74, 6) is -0.633. The molecule has 1 aromatic rings. The van der Waals surface area contributed by atoms with Gasteiger partial charge in [0.2, 0.25) is 5.17 Å². The average Bonchev–Trinajstić information content (AvgIpc) is 2.25. The van der Waals surface area contributed by atoms with Gasteiger partial charge in [0.05, 0.1) is 12.3 Å². The molecule has 0 heterocycles. The van der Waals surface area contributed by atoms with E-state index >= 15 is 0 Å². The number of hydrogen-bond donors (Lipinski definition) is 1. The zero-order valence-corrected chi connectivity index (χ0v) is 10.8. The topological polar surface area (TPSA) is 50.7 Å². The number of ether oxygens (including phenoxy) is 1. The minimum atomic E-state index is -0.633. The average molecular weight is 255 g/mol. The maximum atomic E-state index is 11.2. The Balaban J connectivity index is 2.71. The van der Waals surface area contributed by atoms with Crippen molar-refractivity contribution in [2.75, 3.05) is 12.0 Å². The lowest BCUT2D eigenvalue weighted by molar-refractivity contribution is -0.134. The molecule has 0 radical (unpaired) electrons. The number of esters is 1. The predicted molar refractivity (Wildman–Crippen MR) is 69.5 cm³/mol. The molecular weight excluding hydrogens is 240 g/mol. The molecule has 0 amide bonds. The van der Waals surface area contributed by atoms with Crippen LogP contribution in [-0.2, 0) is 9.53 Å².